The molecule has 0 bridgehead atoms. The van der Waals surface area contributed by atoms with E-state index in [-0.39, 0.29) is 31.4 Å². The van der Waals surface area contributed by atoms with Crippen LogP contribution in [0.1, 0.15) is 200 Å². The van der Waals surface area contributed by atoms with Crippen LogP contribution in [-0.2, 0) is 15.9 Å². The molecule has 0 amide bonds. The summed E-state index contributed by atoms with van der Waals surface area (Å²) in [6.45, 7) is 15.7. The van der Waals surface area contributed by atoms with Crippen LogP contribution in [0.2, 0.25) is 12.1 Å². The molecule has 0 spiro atoms. The second-order valence-corrected chi connectivity index (χ2v) is 25.0. The van der Waals surface area contributed by atoms with Crippen LogP contribution >= 0.6 is 0 Å². The third kappa shape index (κ3) is 24.8. The highest BCUT2D eigenvalue weighted by atomic mass is 28.2. The average molecular weight is 1020 g/mol. The minimum atomic E-state index is -0.871. The number of aryl methyl sites for hydroxylation is 1. The predicted octanol–water partition coefficient (Wildman–Crippen LogP) is 16.1. The Morgan fingerprint density at radius 3 is 1.80 bits per heavy atom. The first-order valence-corrected chi connectivity index (χ1v) is 33.3. The van der Waals surface area contributed by atoms with Gasteiger partial charge >= 0.3 is 0 Å². The Bertz CT molecular complexity index is 1820. The predicted molar refractivity (Wildman–Crippen MR) is 303 cm³/mol. The van der Waals surface area contributed by atoms with Gasteiger partial charge in [-0.15, -0.1) is 0 Å². The molecule has 1 saturated carbocycles. The third-order valence-corrected chi connectivity index (χ3v) is 18.7. The second kappa shape index (κ2) is 37.8. The van der Waals surface area contributed by atoms with Crippen molar-refractivity contribution >= 4 is 24.6 Å². The van der Waals surface area contributed by atoms with E-state index < -0.39 is 11.6 Å². The van der Waals surface area contributed by atoms with Crippen molar-refractivity contribution in [2.75, 3.05) is 38.9 Å². The van der Waals surface area contributed by atoms with Crippen molar-refractivity contribution in [2.24, 2.45) is 29.6 Å². The van der Waals surface area contributed by atoms with E-state index in [1.54, 1.807) is 12.1 Å². The Hall–Kier alpha value is -2.93. The second-order valence-electron chi connectivity index (χ2n) is 21.4. The van der Waals surface area contributed by atoms with Crippen LogP contribution in [0, 0.1) is 41.2 Å². The molecule has 71 heavy (non-hydrogen) atoms. The molecular formula is C61H100F2N2O4Si2. The zero-order valence-electron chi connectivity index (χ0n) is 45.9. The Morgan fingerprint density at radius 1 is 0.620 bits per heavy atom. The third-order valence-electron chi connectivity index (χ3n) is 15.6. The first-order valence-electron chi connectivity index (χ1n) is 29.3. The molecule has 1 aromatic heterocycles. The fourth-order valence-corrected chi connectivity index (χ4v) is 12.9. The Balaban J connectivity index is 0.000000309. The quantitative estimate of drug-likeness (QED) is 0.0427. The van der Waals surface area contributed by atoms with Gasteiger partial charge in [0.1, 0.15) is 19.0 Å². The highest BCUT2D eigenvalue weighted by Crippen LogP contribution is 2.43. The average Bonchev–Trinajstić information content (AvgIpc) is 3.40. The zero-order valence-corrected chi connectivity index (χ0v) is 48.7. The lowest BCUT2D eigenvalue weighted by atomic mass is 9.70. The zero-order chi connectivity index (χ0) is 50.7. The summed E-state index contributed by atoms with van der Waals surface area (Å²) in [5.74, 6) is 4.13. The van der Waals surface area contributed by atoms with Crippen LogP contribution in [0.5, 0.6) is 11.5 Å². The number of benzene rings is 2. The molecule has 2 aliphatic carbocycles. The summed E-state index contributed by atoms with van der Waals surface area (Å²) in [6.07, 6.45) is 38.7. The fourth-order valence-electron chi connectivity index (χ4n) is 10.4. The van der Waals surface area contributed by atoms with Crippen LogP contribution in [0.3, 0.4) is 0 Å². The topological polar surface area (TPSA) is 62.7 Å². The molecule has 1 heterocycles. The van der Waals surface area contributed by atoms with E-state index in [2.05, 4.69) is 57.6 Å². The number of aromatic nitrogens is 2. The summed E-state index contributed by atoms with van der Waals surface area (Å²) in [4.78, 5) is 9.18. The molecule has 2 aliphatic rings. The standard InChI is InChI=1S/C31H50F2O2Si.C30H50N2O2Si/c1-4-7-24-9-11-25(12-10-24)26-13-15-27(16-14-26)28-17-18-29(31(33)30(28)32)35-20-19-34-22-36-21-6-8-23(3)5-2;1-4-6-7-8-9-10-11-12-15-27-23-31-30(32-24-27)28-16-18-29(19-17-28)34-21-20-33-25-35-22-13-14-26(3)5-2/h15,17-18,23-26H,4-14,16,19-22,36H2,1-3H3;16-19,23-24,26H,4-15,20-22,25,35H2,1-3H3. The number of ether oxygens (including phenoxy) is 4. The molecular weight excluding hydrogens is 919 g/mol. The SMILES string of the molecule is CCCC1CCC(C2CC=C(c3ccc(OCCOC[SiH2]CCCC(C)CC)c(F)c3F)CC2)CC1.CCCCCCCCCCc1cnc(-c2ccc(OCCOC[SiH2]CCCC(C)CC)cc2)nc1. The van der Waals surface area contributed by atoms with Gasteiger partial charge in [-0.2, -0.15) is 4.39 Å². The van der Waals surface area contributed by atoms with Crippen molar-refractivity contribution in [1.29, 1.82) is 0 Å². The lowest BCUT2D eigenvalue weighted by Crippen LogP contribution is -2.23. The van der Waals surface area contributed by atoms with Gasteiger partial charge < -0.3 is 18.9 Å². The van der Waals surface area contributed by atoms with Crippen molar-refractivity contribution in [3.05, 3.63) is 77.6 Å². The van der Waals surface area contributed by atoms with Crippen LogP contribution in [0.25, 0.3) is 17.0 Å². The monoisotopic (exact) mass is 1020 g/mol. The summed E-state index contributed by atoms with van der Waals surface area (Å²) in [5, 5.41) is 0. The maximum absolute atomic E-state index is 14.9. The van der Waals surface area contributed by atoms with Crippen molar-refractivity contribution in [1.82, 2.24) is 9.97 Å². The molecule has 0 saturated heterocycles. The molecule has 0 aliphatic heterocycles. The van der Waals surface area contributed by atoms with Crippen LogP contribution in [-0.4, -0.2) is 67.9 Å². The molecule has 2 aromatic carbocycles. The van der Waals surface area contributed by atoms with E-state index >= 15 is 0 Å². The largest absolute Gasteiger partial charge is 0.491 e. The fraction of sp³-hybridized carbons (Fsp3) is 0.705. The molecule has 3 aromatic rings. The van der Waals surface area contributed by atoms with Gasteiger partial charge in [-0.1, -0.05) is 169 Å². The Kier molecular flexibility index (Phi) is 32.2. The number of allylic oxidation sites excluding steroid dienone is 2. The van der Waals surface area contributed by atoms with Crippen LogP contribution < -0.4 is 9.47 Å². The van der Waals surface area contributed by atoms with Gasteiger partial charge in [0.15, 0.2) is 17.4 Å². The number of unbranched alkanes of at least 4 members (excludes halogenated alkanes) is 7. The number of hydrogen-bond donors (Lipinski definition) is 0. The lowest BCUT2D eigenvalue weighted by Gasteiger charge is -2.35. The number of halogens is 2. The molecule has 10 heteroatoms. The van der Waals surface area contributed by atoms with Crippen molar-refractivity contribution < 1.29 is 27.7 Å². The smallest absolute Gasteiger partial charge is 0.201 e. The highest BCUT2D eigenvalue weighted by molar-refractivity contribution is 6.35. The summed E-state index contributed by atoms with van der Waals surface area (Å²) in [5.41, 5.74) is 3.62. The Labute approximate surface area is 437 Å². The maximum Gasteiger partial charge on any atom is 0.201 e. The van der Waals surface area contributed by atoms with Gasteiger partial charge in [-0.05, 0) is 122 Å². The van der Waals surface area contributed by atoms with Gasteiger partial charge in [-0.3, -0.25) is 0 Å². The molecule has 0 N–H and O–H groups in total. The van der Waals surface area contributed by atoms with Gasteiger partial charge in [0, 0.05) is 36.0 Å². The highest BCUT2D eigenvalue weighted by Gasteiger charge is 2.29. The van der Waals surface area contributed by atoms with Gasteiger partial charge in [0.25, 0.3) is 0 Å². The Morgan fingerprint density at radius 2 is 1.23 bits per heavy atom. The van der Waals surface area contributed by atoms with E-state index in [9.17, 15) is 8.78 Å². The number of rotatable bonds is 36. The molecule has 5 rings (SSSR count). The number of nitrogens with zero attached hydrogens (tertiary/aromatic N) is 2. The van der Waals surface area contributed by atoms with Gasteiger partial charge in [-0.25, -0.2) is 14.4 Å². The van der Waals surface area contributed by atoms with Crippen molar-refractivity contribution in [2.45, 2.75) is 208 Å². The van der Waals surface area contributed by atoms with E-state index in [1.807, 2.05) is 36.7 Å². The molecule has 0 radical (unpaired) electrons. The summed E-state index contributed by atoms with van der Waals surface area (Å²) >= 11 is 0. The first-order chi connectivity index (χ1) is 34.8. The summed E-state index contributed by atoms with van der Waals surface area (Å²) in [6, 6.07) is 14.0. The molecule has 3 atom stereocenters. The maximum atomic E-state index is 14.9. The minimum absolute atomic E-state index is 0.0104. The molecule has 1 fully saturated rings. The van der Waals surface area contributed by atoms with Gasteiger partial charge in [0.2, 0.25) is 5.82 Å². The van der Waals surface area contributed by atoms with Crippen molar-refractivity contribution in [3.8, 4) is 22.9 Å². The van der Waals surface area contributed by atoms with E-state index in [0.29, 0.717) is 31.3 Å². The summed E-state index contributed by atoms with van der Waals surface area (Å²) in [7, 11) is -0.267. The number of hydrogen-bond acceptors (Lipinski definition) is 6. The van der Waals surface area contributed by atoms with E-state index in [0.717, 1.165) is 84.5 Å². The van der Waals surface area contributed by atoms with Crippen LogP contribution in [0.4, 0.5) is 8.78 Å². The van der Waals surface area contributed by atoms with E-state index in [1.165, 1.54) is 146 Å². The van der Waals surface area contributed by atoms with Crippen LogP contribution in [0.15, 0.2) is 54.9 Å². The van der Waals surface area contributed by atoms with E-state index in [4.69, 9.17) is 18.9 Å². The van der Waals surface area contributed by atoms with Gasteiger partial charge in [0.05, 0.1) is 32.3 Å². The first kappa shape index (κ1) is 60.6. The lowest BCUT2D eigenvalue weighted by molar-refractivity contribution is 0.128. The normalized spacial score (nSPS) is 18.1. The molecule has 3 unspecified atom stereocenters. The minimum Gasteiger partial charge on any atom is -0.491 e. The summed E-state index contributed by atoms with van der Waals surface area (Å²) < 4.78 is 52.4. The molecule has 400 valence electrons. The van der Waals surface area contributed by atoms with Crippen molar-refractivity contribution in [3.63, 3.8) is 0 Å². The molecule has 6 nitrogen and oxygen atoms in total.